The van der Waals surface area contributed by atoms with E-state index in [1.165, 1.54) is 0 Å². The molecule has 0 aromatic heterocycles. The summed E-state index contributed by atoms with van der Waals surface area (Å²) in [6, 6.07) is 8.66. The number of hydrogen-bond acceptors (Lipinski definition) is 2. The Kier molecular flexibility index (Phi) is 6.51. The Morgan fingerprint density at radius 2 is 1.80 bits per heavy atom. The minimum absolute atomic E-state index is 0.0260. The number of alkyl halides is 3. The number of nitrogens with zero attached hydrogens (tertiary/aromatic N) is 1. The Morgan fingerprint density at radius 1 is 1.15 bits per heavy atom. The second-order valence-electron chi connectivity index (χ2n) is 4.60. The maximum absolute atomic E-state index is 12.5. The van der Waals surface area contributed by atoms with Crippen LogP contribution < -0.4 is 5.73 Å². The number of amides is 1. The zero-order valence-corrected chi connectivity index (χ0v) is 11.2. The molecule has 0 saturated carbocycles. The number of carbonyl (C=O) groups excluding carboxylic acids is 1. The quantitative estimate of drug-likeness (QED) is 0.784. The highest BCUT2D eigenvalue weighted by Crippen LogP contribution is 2.19. The SMILES string of the molecule is NCCCCC(=O)N(Cc1ccccc1)CC(F)(F)F. The molecule has 6 heteroatoms. The van der Waals surface area contributed by atoms with E-state index in [0.717, 1.165) is 4.90 Å². The molecule has 1 aromatic carbocycles. The highest BCUT2D eigenvalue weighted by atomic mass is 19.4. The van der Waals surface area contributed by atoms with Crippen molar-refractivity contribution in [2.75, 3.05) is 13.1 Å². The van der Waals surface area contributed by atoms with Gasteiger partial charge in [0.1, 0.15) is 6.54 Å². The molecule has 3 nitrogen and oxygen atoms in total. The summed E-state index contributed by atoms with van der Waals surface area (Å²) < 4.78 is 37.6. The second kappa shape index (κ2) is 7.89. The smallest absolute Gasteiger partial charge is 0.330 e. The molecule has 1 amide bonds. The lowest BCUT2D eigenvalue weighted by atomic mass is 10.2. The van der Waals surface area contributed by atoms with E-state index in [2.05, 4.69) is 0 Å². The Labute approximate surface area is 116 Å². The average Bonchev–Trinajstić information content (AvgIpc) is 2.38. The van der Waals surface area contributed by atoms with Crippen molar-refractivity contribution in [2.45, 2.75) is 32.0 Å². The van der Waals surface area contributed by atoms with Crippen molar-refractivity contribution in [3.63, 3.8) is 0 Å². The minimum Gasteiger partial charge on any atom is -0.330 e. The fourth-order valence-corrected chi connectivity index (χ4v) is 1.83. The minimum atomic E-state index is -4.39. The van der Waals surface area contributed by atoms with Crippen LogP contribution in [-0.4, -0.2) is 30.1 Å². The van der Waals surface area contributed by atoms with Gasteiger partial charge in [0.15, 0.2) is 0 Å². The molecular formula is C14H19F3N2O. The first-order valence-electron chi connectivity index (χ1n) is 6.51. The normalized spacial score (nSPS) is 11.4. The van der Waals surface area contributed by atoms with Crippen LogP contribution >= 0.6 is 0 Å². The largest absolute Gasteiger partial charge is 0.406 e. The summed E-state index contributed by atoms with van der Waals surface area (Å²) >= 11 is 0. The maximum Gasteiger partial charge on any atom is 0.406 e. The van der Waals surface area contributed by atoms with E-state index < -0.39 is 18.6 Å². The molecule has 1 rings (SSSR count). The third-order valence-electron chi connectivity index (χ3n) is 2.78. The Balaban J connectivity index is 2.67. The van der Waals surface area contributed by atoms with Crippen molar-refractivity contribution >= 4 is 5.91 Å². The van der Waals surface area contributed by atoms with Crippen molar-refractivity contribution in [2.24, 2.45) is 5.73 Å². The zero-order valence-electron chi connectivity index (χ0n) is 11.2. The first-order chi connectivity index (χ1) is 9.42. The van der Waals surface area contributed by atoms with Crippen LogP contribution in [0.15, 0.2) is 30.3 Å². The molecule has 0 atom stereocenters. The lowest BCUT2D eigenvalue weighted by molar-refractivity contribution is -0.162. The fraction of sp³-hybridized carbons (Fsp3) is 0.500. The van der Waals surface area contributed by atoms with Gasteiger partial charge in [0.2, 0.25) is 5.91 Å². The van der Waals surface area contributed by atoms with E-state index >= 15 is 0 Å². The molecule has 0 bridgehead atoms. The van der Waals surface area contributed by atoms with E-state index in [0.29, 0.717) is 24.9 Å². The summed E-state index contributed by atoms with van der Waals surface area (Å²) in [5.74, 6) is -0.486. The van der Waals surface area contributed by atoms with Crippen LogP contribution in [0.2, 0.25) is 0 Å². The Bertz CT molecular complexity index is 407. The molecule has 1 aromatic rings. The number of unbranched alkanes of at least 4 members (excludes halogenated alkanes) is 1. The number of hydrogen-bond donors (Lipinski definition) is 1. The van der Waals surface area contributed by atoms with Crippen molar-refractivity contribution in [3.8, 4) is 0 Å². The van der Waals surface area contributed by atoms with Gasteiger partial charge in [0.25, 0.3) is 0 Å². The zero-order chi connectivity index (χ0) is 15.0. The van der Waals surface area contributed by atoms with E-state index in [1.54, 1.807) is 30.3 Å². The van der Waals surface area contributed by atoms with Crippen LogP contribution in [0, 0.1) is 0 Å². The fourth-order valence-electron chi connectivity index (χ4n) is 1.83. The third-order valence-corrected chi connectivity index (χ3v) is 2.78. The van der Waals surface area contributed by atoms with Gasteiger partial charge >= 0.3 is 6.18 Å². The first kappa shape index (κ1) is 16.5. The predicted octanol–water partition coefficient (Wildman–Crippen LogP) is 2.71. The molecule has 0 heterocycles. The van der Waals surface area contributed by atoms with Crippen LogP contribution in [0.4, 0.5) is 13.2 Å². The molecular weight excluding hydrogens is 269 g/mol. The van der Waals surface area contributed by atoms with Gasteiger partial charge in [-0.05, 0) is 24.9 Å². The molecule has 0 unspecified atom stereocenters. The molecule has 0 aliphatic heterocycles. The summed E-state index contributed by atoms with van der Waals surface area (Å²) in [5.41, 5.74) is 6.00. The van der Waals surface area contributed by atoms with Gasteiger partial charge in [-0.25, -0.2) is 0 Å². The van der Waals surface area contributed by atoms with Crippen molar-refractivity contribution in [1.29, 1.82) is 0 Å². The summed E-state index contributed by atoms with van der Waals surface area (Å²) in [6.45, 7) is -0.809. The van der Waals surface area contributed by atoms with Crippen molar-refractivity contribution in [1.82, 2.24) is 4.90 Å². The molecule has 2 N–H and O–H groups in total. The molecule has 0 spiro atoms. The number of halogens is 3. The number of nitrogens with two attached hydrogens (primary N) is 1. The Hall–Kier alpha value is -1.56. The summed E-state index contributed by atoms with van der Waals surface area (Å²) in [4.78, 5) is 12.7. The van der Waals surface area contributed by atoms with E-state index in [1.807, 2.05) is 0 Å². The summed E-state index contributed by atoms with van der Waals surface area (Å²) in [7, 11) is 0. The lowest BCUT2D eigenvalue weighted by Crippen LogP contribution is -2.38. The molecule has 0 radical (unpaired) electrons. The van der Waals surface area contributed by atoms with Gasteiger partial charge in [-0.2, -0.15) is 13.2 Å². The van der Waals surface area contributed by atoms with Crippen LogP contribution in [0.1, 0.15) is 24.8 Å². The lowest BCUT2D eigenvalue weighted by Gasteiger charge is -2.24. The maximum atomic E-state index is 12.5. The highest BCUT2D eigenvalue weighted by Gasteiger charge is 2.32. The van der Waals surface area contributed by atoms with Gasteiger partial charge in [-0.1, -0.05) is 30.3 Å². The third kappa shape index (κ3) is 6.56. The van der Waals surface area contributed by atoms with Gasteiger partial charge in [-0.3, -0.25) is 4.79 Å². The standard InChI is InChI=1S/C14H19F3N2O/c15-14(16,17)11-19(13(20)8-4-5-9-18)10-12-6-2-1-3-7-12/h1-3,6-7H,4-5,8-11,18H2. The molecule has 0 aliphatic carbocycles. The van der Waals surface area contributed by atoms with Crippen LogP contribution in [0.25, 0.3) is 0 Å². The number of carbonyl (C=O) groups is 1. The van der Waals surface area contributed by atoms with Gasteiger partial charge in [-0.15, -0.1) is 0 Å². The van der Waals surface area contributed by atoms with Crippen molar-refractivity contribution in [3.05, 3.63) is 35.9 Å². The van der Waals surface area contributed by atoms with Gasteiger partial charge in [0.05, 0.1) is 0 Å². The topological polar surface area (TPSA) is 46.3 Å². The number of rotatable bonds is 7. The van der Waals surface area contributed by atoms with Crippen molar-refractivity contribution < 1.29 is 18.0 Å². The molecule has 20 heavy (non-hydrogen) atoms. The number of benzene rings is 1. The highest BCUT2D eigenvalue weighted by molar-refractivity contribution is 5.76. The van der Waals surface area contributed by atoms with E-state index in [-0.39, 0.29) is 13.0 Å². The molecule has 0 fully saturated rings. The van der Waals surface area contributed by atoms with Gasteiger partial charge in [0, 0.05) is 13.0 Å². The molecule has 112 valence electrons. The molecule has 0 aliphatic rings. The van der Waals surface area contributed by atoms with Crippen LogP contribution in [0.3, 0.4) is 0 Å². The summed E-state index contributed by atoms with van der Waals surface area (Å²) in [5, 5.41) is 0. The van der Waals surface area contributed by atoms with E-state index in [4.69, 9.17) is 5.73 Å². The van der Waals surface area contributed by atoms with Gasteiger partial charge < -0.3 is 10.6 Å². The monoisotopic (exact) mass is 288 g/mol. The van der Waals surface area contributed by atoms with Crippen LogP contribution in [0.5, 0.6) is 0 Å². The predicted molar refractivity (Wildman–Crippen MR) is 70.8 cm³/mol. The molecule has 0 saturated heterocycles. The summed E-state index contributed by atoms with van der Waals surface area (Å²) in [6.07, 6.45) is -3.15. The average molecular weight is 288 g/mol. The second-order valence-corrected chi connectivity index (χ2v) is 4.60. The Morgan fingerprint density at radius 3 is 2.35 bits per heavy atom. The van der Waals surface area contributed by atoms with E-state index in [9.17, 15) is 18.0 Å². The van der Waals surface area contributed by atoms with Crippen LogP contribution in [-0.2, 0) is 11.3 Å². The first-order valence-corrected chi connectivity index (χ1v) is 6.51.